The number of hydrogen-bond acceptors (Lipinski definition) is 14. The normalized spacial score (nSPS) is 18.4. The number of carboxylic acids is 1. The Morgan fingerprint density at radius 2 is 2.12 bits per heavy atom. The van der Waals surface area contributed by atoms with Crippen LogP contribution < -0.4 is 45.7 Å². The van der Waals surface area contributed by atoms with Gasteiger partial charge in [-0.2, -0.15) is 0 Å². The van der Waals surface area contributed by atoms with E-state index in [-0.39, 0.29) is 81.4 Å². The van der Waals surface area contributed by atoms with E-state index in [2.05, 4.69) is 32.0 Å². The van der Waals surface area contributed by atoms with Crippen LogP contribution in [0.25, 0.3) is 11.0 Å². The number of fused-ring (bicyclic) bond motifs is 2. The molecule has 0 saturated carbocycles. The molecule has 41 heavy (non-hydrogen) atoms. The van der Waals surface area contributed by atoms with Gasteiger partial charge >= 0.3 is 29.6 Å². The topological polar surface area (TPSA) is 219 Å². The van der Waals surface area contributed by atoms with Crippen molar-refractivity contribution in [2.75, 3.05) is 23.8 Å². The minimum Gasteiger partial charge on any atom is -0.543 e. The molecule has 14 nitrogen and oxygen atoms in total. The molecule has 0 spiro atoms. The van der Waals surface area contributed by atoms with Gasteiger partial charge in [0, 0.05) is 29.0 Å². The quantitative estimate of drug-likeness (QED) is 0.0224. The molecule has 1 saturated heterocycles. The number of anilines is 1. The van der Waals surface area contributed by atoms with E-state index in [4.69, 9.17) is 10.6 Å². The van der Waals surface area contributed by atoms with Crippen LogP contribution in [0.3, 0.4) is 0 Å². The Hall–Kier alpha value is -3.22. The van der Waals surface area contributed by atoms with Crippen molar-refractivity contribution < 1.29 is 64.1 Å². The van der Waals surface area contributed by atoms with Crippen LogP contribution in [0.4, 0.5) is 5.13 Å². The fourth-order valence-corrected chi connectivity index (χ4v) is 6.90. The molecule has 5 rings (SSSR count). The molecule has 0 aliphatic carbocycles. The third-order valence-electron chi connectivity index (χ3n) is 5.79. The summed E-state index contributed by atoms with van der Waals surface area (Å²) in [6.07, 6.45) is 1.44. The number of aromatic nitrogens is 3. The molecule has 1 fully saturated rings. The number of amides is 2. The van der Waals surface area contributed by atoms with Crippen LogP contribution in [0.5, 0.6) is 11.5 Å². The monoisotopic (exact) mass is 625 g/mol. The number of aromatic hydroxyl groups is 2. The van der Waals surface area contributed by atoms with Gasteiger partial charge in [0.25, 0.3) is 11.8 Å². The van der Waals surface area contributed by atoms with Gasteiger partial charge in [-0.25, -0.2) is 9.97 Å². The third kappa shape index (κ3) is 6.19. The Labute approximate surface area is 266 Å². The van der Waals surface area contributed by atoms with Crippen LogP contribution in [0, 0.1) is 0 Å². The van der Waals surface area contributed by atoms with Crippen LogP contribution in [0.1, 0.15) is 5.69 Å². The predicted molar refractivity (Wildman–Crippen MR) is 146 cm³/mol. The number of thioether (sulfide) groups is 2. The number of benzene rings is 1. The average Bonchev–Trinajstić information content (AvgIpc) is 3.53. The molecule has 0 bridgehead atoms. The van der Waals surface area contributed by atoms with Gasteiger partial charge in [0.05, 0.1) is 22.7 Å². The number of β-lactam (4-membered cyclic amide) rings is 1. The van der Waals surface area contributed by atoms with E-state index in [9.17, 15) is 29.7 Å². The molecule has 2 aliphatic rings. The maximum atomic E-state index is 13.1. The number of phenols is 2. The zero-order valence-electron chi connectivity index (χ0n) is 21.3. The first-order chi connectivity index (χ1) is 19.2. The molecular formula is C23H20N7NaO7S3. The maximum absolute atomic E-state index is 13.1. The zero-order chi connectivity index (χ0) is 28.6. The summed E-state index contributed by atoms with van der Waals surface area (Å²) in [5.41, 5.74) is 6.73. The van der Waals surface area contributed by atoms with Gasteiger partial charge in [-0.15, -0.1) is 23.1 Å². The summed E-state index contributed by atoms with van der Waals surface area (Å²) >= 11 is 3.57. The van der Waals surface area contributed by atoms with Crippen molar-refractivity contribution in [1.82, 2.24) is 25.2 Å². The number of nitrogen functional groups attached to an aromatic ring is 1. The van der Waals surface area contributed by atoms with Gasteiger partial charge in [-0.05, 0) is 5.57 Å². The zero-order valence-corrected chi connectivity index (χ0v) is 25.8. The first-order valence-electron chi connectivity index (χ1n) is 11.4. The molecule has 2 aromatic heterocycles. The molecule has 2 atom stereocenters. The first kappa shape index (κ1) is 30.7. The predicted octanol–water partition coefficient (Wildman–Crippen LogP) is -2.88. The van der Waals surface area contributed by atoms with Gasteiger partial charge in [0.1, 0.15) is 23.7 Å². The van der Waals surface area contributed by atoms with Gasteiger partial charge in [0.15, 0.2) is 27.5 Å². The van der Waals surface area contributed by atoms with Crippen LogP contribution in [0.15, 0.2) is 51.8 Å². The third-order valence-corrected chi connectivity index (χ3v) is 8.77. The largest absolute Gasteiger partial charge is 1.00 e. The first-order valence-corrected chi connectivity index (χ1v) is 14.3. The molecule has 1 aromatic carbocycles. The molecule has 0 unspecified atom stereocenters. The number of rotatable bonds is 10. The van der Waals surface area contributed by atoms with Gasteiger partial charge in [-0.1, -0.05) is 29.6 Å². The molecule has 0 radical (unpaired) electrons. The number of nitrogens with two attached hydrogens (primary N) is 1. The van der Waals surface area contributed by atoms with E-state index in [1.54, 1.807) is 0 Å². The number of H-pyrrole nitrogens is 1. The summed E-state index contributed by atoms with van der Waals surface area (Å²) in [6, 6.07) is 1.61. The van der Waals surface area contributed by atoms with E-state index in [1.807, 2.05) is 0 Å². The number of carbonyl (C=O) groups excluding carboxylic acids is 3. The van der Waals surface area contributed by atoms with Crippen molar-refractivity contribution in [2.45, 2.75) is 16.6 Å². The Kier molecular flexibility index (Phi) is 9.55. The molecule has 2 aliphatic heterocycles. The second kappa shape index (κ2) is 12.7. The number of thiazole rings is 1. The van der Waals surface area contributed by atoms with Crippen molar-refractivity contribution >= 4 is 74.5 Å². The number of carboxylic acid groups (broad SMARTS) is 1. The molecule has 6 N–H and O–H groups in total. The summed E-state index contributed by atoms with van der Waals surface area (Å²) in [7, 11) is 0. The van der Waals surface area contributed by atoms with E-state index in [1.165, 1.54) is 47.1 Å². The molecule has 208 valence electrons. The standard InChI is InChI=1S/C23H21N7O7S3.Na/c1-2-3-37-29-15(12-8-39-22(24)25-12)18(33)28-16-19(34)30-17(21(35)36)9(6-38-20(16)30)7-40-23-26-10-4-13(31)14(32)5-11(10)27-23;/h2,4-5,8,16,20,31-32H,1,3,6-7H2,(H2,24,25)(H,26,27)(H,28,33)(H,35,36);/q;+1/p-1/t16-,20+;/m1./s1. The summed E-state index contributed by atoms with van der Waals surface area (Å²) < 4.78 is 0. The molecule has 4 heterocycles. The number of carbonyl (C=O) groups is 3. The Morgan fingerprint density at radius 1 is 1.37 bits per heavy atom. The molecular weight excluding hydrogens is 605 g/mol. The number of hydrogen-bond donors (Lipinski definition) is 5. The average molecular weight is 626 g/mol. The maximum Gasteiger partial charge on any atom is 1.00 e. The van der Waals surface area contributed by atoms with Crippen molar-refractivity contribution in [3.63, 3.8) is 0 Å². The number of aromatic amines is 1. The van der Waals surface area contributed by atoms with Crippen LogP contribution in [-0.4, -0.2) is 83.1 Å². The van der Waals surface area contributed by atoms with E-state index in [0.29, 0.717) is 21.8 Å². The van der Waals surface area contributed by atoms with E-state index >= 15 is 0 Å². The SMILES string of the molecule is C=CCON=C(C(=O)N[C@@H]1C(=O)N2C(C(=O)[O-])=C(CSc3nc4cc(O)c(O)cc4[nH]3)CS[C@@H]12)c1csc(N)n1.[Na+]. The van der Waals surface area contributed by atoms with E-state index in [0.717, 1.165) is 16.2 Å². The molecule has 3 aromatic rings. The Morgan fingerprint density at radius 3 is 2.80 bits per heavy atom. The number of phenolic OH excluding ortho intramolecular Hbond substituents is 2. The van der Waals surface area contributed by atoms with Crippen molar-refractivity contribution in [3.8, 4) is 11.5 Å². The number of imidazole rings is 1. The van der Waals surface area contributed by atoms with Crippen LogP contribution in [-0.2, 0) is 19.2 Å². The minimum atomic E-state index is -1.52. The second-order valence-corrected chi connectivity index (χ2v) is 11.3. The Balaban J connectivity index is 0.00000387. The van der Waals surface area contributed by atoms with Gasteiger partial charge in [-0.3, -0.25) is 14.5 Å². The van der Waals surface area contributed by atoms with Crippen LogP contribution >= 0.6 is 34.9 Å². The van der Waals surface area contributed by atoms with Crippen molar-refractivity contribution in [1.29, 1.82) is 0 Å². The van der Waals surface area contributed by atoms with Gasteiger partial charge < -0.3 is 41.0 Å². The van der Waals surface area contributed by atoms with Gasteiger partial charge in [0.2, 0.25) is 0 Å². The molecule has 2 amide bonds. The minimum absolute atomic E-state index is 0. The summed E-state index contributed by atoms with van der Waals surface area (Å²) in [5, 5.41) is 39.3. The second-order valence-electron chi connectivity index (χ2n) is 8.38. The number of nitrogens with zero attached hydrogens (tertiary/aromatic N) is 4. The van der Waals surface area contributed by atoms with Crippen molar-refractivity contribution in [3.05, 3.63) is 47.1 Å². The number of nitrogens with one attached hydrogen (secondary N) is 2. The summed E-state index contributed by atoms with van der Waals surface area (Å²) in [6.45, 7) is 3.55. The number of oxime groups is 1. The fraction of sp³-hybridized carbons (Fsp3) is 0.217. The Bertz CT molecular complexity index is 1570. The summed E-state index contributed by atoms with van der Waals surface area (Å²) in [5.74, 6) is -3.07. The smallest absolute Gasteiger partial charge is 0.543 e. The van der Waals surface area contributed by atoms with E-state index < -0.39 is 29.2 Å². The van der Waals surface area contributed by atoms with Crippen LogP contribution in [0.2, 0.25) is 0 Å². The molecule has 18 heteroatoms. The number of aliphatic carboxylic acids is 1. The van der Waals surface area contributed by atoms with Crippen molar-refractivity contribution in [2.24, 2.45) is 5.16 Å². The summed E-state index contributed by atoms with van der Waals surface area (Å²) in [4.78, 5) is 55.7. The fourth-order valence-electron chi connectivity index (χ4n) is 3.98.